The molecule has 0 radical (unpaired) electrons. The zero-order chi connectivity index (χ0) is 18.4. The number of hydrogen-bond acceptors (Lipinski definition) is 5. The second-order valence-corrected chi connectivity index (χ2v) is 6.00. The number of rotatable bonds is 5. The molecular weight excluding hydrogens is 361 g/mol. The number of nitrogens with two attached hydrogens (primary N) is 1. The van der Waals surface area contributed by atoms with Crippen LogP contribution in [0.1, 0.15) is 18.4 Å². The number of halogens is 2. The van der Waals surface area contributed by atoms with Gasteiger partial charge in [-0.25, -0.2) is 9.07 Å². The van der Waals surface area contributed by atoms with Crippen LogP contribution in [-0.2, 0) is 6.54 Å². The highest BCUT2D eigenvalue weighted by Crippen LogP contribution is 2.30. The standard InChI is InChI=1S/C16H17FN2O2.C2H7NO.ClH/c1-10-7-14(12-5-6-15(21-2)13(17)8-12)18-19(16(10)20)9-11-3-4-11;3-1-2-4;/h5-8,11H,3-4,9H2,1-2H3;4H,1-3H2;1H. The van der Waals surface area contributed by atoms with Crippen LogP contribution in [0.2, 0.25) is 0 Å². The van der Waals surface area contributed by atoms with Gasteiger partial charge in [-0.15, -0.1) is 12.4 Å². The molecule has 1 fully saturated rings. The van der Waals surface area contributed by atoms with Gasteiger partial charge >= 0.3 is 0 Å². The quantitative estimate of drug-likeness (QED) is 0.822. The fourth-order valence-electron chi connectivity index (χ4n) is 2.31. The molecule has 6 nitrogen and oxygen atoms in total. The Morgan fingerprint density at radius 2 is 2.04 bits per heavy atom. The number of aryl methyl sites for hydroxylation is 1. The van der Waals surface area contributed by atoms with Crippen LogP contribution in [0.5, 0.6) is 5.75 Å². The monoisotopic (exact) mass is 385 g/mol. The lowest BCUT2D eigenvalue weighted by molar-refractivity contribution is 0.306. The minimum atomic E-state index is -0.436. The van der Waals surface area contributed by atoms with Gasteiger partial charge in [0.05, 0.1) is 19.4 Å². The first-order valence-corrected chi connectivity index (χ1v) is 8.23. The van der Waals surface area contributed by atoms with Gasteiger partial charge in [0.2, 0.25) is 0 Å². The molecule has 0 bridgehead atoms. The first kappa shape index (κ1) is 22.1. The zero-order valence-corrected chi connectivity index (χ0v) is 15.8. The third-order valence-corrected chi connectivity index (χ3v) is 3.86. The van der Waals surface area contributed by atoms with Crippen molar-refractivity contribution in [3.8, 4) is 17.0 Å². The average molecular weight is 386 g/mol. The van der Waals surface area contributed by atoms with E-state index in [0.717, 1.165) is 12.8 Å². The summed E-state index contributed by atoms with van der Waals surface area (Å²) in [5.74, 6) is 0.314. The van der Waals surface area contributed by atoms with Gasteiger partial charge in [-0.1, -0.05) is 0 Å². The Kier molecular flexibility index (Phi) is 8.71. The highest BCUT2D eigenvalue weighted by atomic mass is 35.5. The smallest absolute Gasteiger partial charge is 0.269 e. The van der Waals surface area contributed by atoms with E-state index in [1.54, 1.807) is 25.1 Å². The van der Waals surface area contributed by atoms with Gasteiger partial charge in [-0.2, -0.15) is 5.10 Å². The molecule has 2 aromatic rings. The highest BCUT2D eigenvalue weighted by molar-refractivity contribution is 5.85. The van der Waals surface area contributed by atoms with Gasteiger partial charge in [0, 0.05) is 24.2 Å². The van der Waals surface area contributed by atoms with E-state index in [2.05, 4.69) is 5.10 Å². The lowest BCUT2D eigenvalue weighted by atomic mass is 10.1. The molecule has 144 valence electrons. The van der Waals surface area contributed by atoms with Gasteiger partial charge in [-0.05, 0) is 49.9 Å². The second kappa shape index (κ2) is 10.3. The lowest BCUT2D eigenvalue weighted by Crippen LogP contribution is -2.26. The third kappa shape index (κ3) is 5.79. The van der Waals surface area contributed by atoms with Crippen LogP contribution in [0, 0.1) is 18.7 Å². The molecule has 1 saturated carbocycles. The van der Waals surface area contributed by atoms with Gasteiger partial charge in [0.1, 0.15) is 0 Å². The first-order valence-electron chi connectivity index (χ1n) is 8.23. The SMILES string of the molecule is COc1ccc(-c2cc(C)c(=O)n(CC3CC3)n2)cc1F.Cl.NCCO. The summed E-state index contributed by atoms with van der Waals surface area (Å²) in [5, 5.41) is 12.1. The van der Waals surface area contributed by atoms with Crippen LogP contribution in [-0.4, -0.2) is 35.1 Å². The van der Waals surface area contributed by atoms with E-state index in [4.69, 9.17) is 15.6 Å². The van der Waals surface area contributed by atoms with Crippen LogP contribution in [0.25, 0.3) is 11.3 Å². The zero-order valence-electron chi connectivity index (χ0n) is 14.9. The van der Waals surface area contributed by atoms with Gasteiger partial charge in [-0.3, -0.25) is 4.79 Å². The summed E-state index contributed by atoms with van der Waals surface area (Å²) in [6.45, 7) is 2.88. The number of nitrogens with zero attached hydrogens (tertiary/aromatic N) is 2. The van der Waals surface area contributed by atoms with E-state index in [9.17, 15) is 9.18 Å². The van der Waals surface area contributed by atoms with Crippen LogP contribution >= 0.6 is 12.4 Å². The lowest BCUT2D eigenvalue weighted by Gasteiger charge is -2.09. The van der Waals surface area contributed by atoms with Crippen molar-refractivity contribution in [2.75, 3.05) is 20.3 Å². The van der Waals surface area contributed by atoms with Crippen molar-refractivity contribution >= 4 is 12.4 Å². The van der Waals surface area contributed by atoms with Crippen molar-refractivity contribution < 1.29 is 14.2 Å². The normalized spacial score (nSPS) is 12.7. The maximum atomic E-state index is 13.8. The minimum absolute atomic E-state index is 0. The number of ether oxygens (including phenoxy) is 1. The Hall–Kier alpha value is -1.96. The molecule has 1 aliphatic rings. The van der Waals surface area contributed by atoms with E-state index in [0.29, 0.717) is 35.8 Å². The third-order valence-electron chi connectivity index (χ3n) is 3.86. The summed E-state index contributed by atoms with van der Waals surface area (Å²) in [6, 6.07) is 6.40. The molecule has 0 spiro atoms. The number of benzene rings is 1. The Morgan fingerprint density at radius 1 is 1.38 bits per heavy atom. The van der Waals surface area contributed by atoms with Crippen molar-refractivity contribution in [2.45, 2.75) is 26.3 Å². The number of aromatic nitrogens is 2. The minimum Gasteiger partial charge on any atom is -0.494 e. The van der Waals surface area contributed by atoms with E-state index in [1.165, 1.54) is 17.9 Å². The summed E-state index contributed by atoms with van der Waals surface area (Å²) in [7, 11) is 1.43. The van der Waals surface area contributed by atoms with Crippen molar-refractivity contribution in [3.05, 3.63) is 46.0 Å². The maximum Gasteiger partial charge on any atom is 0.269 e. The van der Waals surface area contributed by atoms with Crippen LogP contribution in [0.3, 0.4) is 0 Å². The van der Waals surface area contributed by atoms with E-state index >= 15 is 0 Å². The number of aliphatic hydroxyl groups is 1. The Bertz CT molecular complexity index is 777. The first-order chi connectivity index (χ1) is 12.0. The van der Waals surface area contributed by atoms with Crippen LogP contribution in [0.4, 0.5) is 4.39 Å². The summed E-state index contributed by atoms with van der Waals surface area (Å²) in [6.07, 6.45) is 2.29. The molecule has 0 saturated heterocycles. The van der Waals surface area contributed by atoms with Crippen molar-refractivity contribution in [1.82, 2.24) is 9.78 Å². The molecule has 0 amide bonds. The highest BCUT2D eigenvalue weighted by Gasteiger charge is 2.23. The Labute approximate surface area is 158 Å². The Morgan fingerprint density at radius 3 is 2.54 bits per heavy atom. The maximum absolute atomic E-state index is 13.8. The molecule has 3 N–H and O–H groups in total. The fourth-order valence-corrected chi connectivity index (χ4v) is 2.31. The number of aliphatic hydroxyl groups excluding tert-OH is 1. The summed E-state index contributed by atoms with van der Waals surface area (Å²) >= 11 is 0. The average Bonchev–Trinajstić information content (AvgIpc) is 3.43. The molecule has 26 heavy (non-hydrogen) atoms. The molecule has 0 atom stereocenters. The molecule has 0 aliphatic heterocycles. The van der Waals surface area contributed by atoms with Crippen molar-refractivity contribution in [3.63, 3.8) is 0 Å². The van der Waals surface area contributed by atoms with Gasteiger partial charge in [0.15, 0.2) is 11.6 Å². The largest absolute Gasteiger partial charge is 0.494 e. The summed E-state index contributed by atoms with van der Waals surface area (Å²) in [4.78, 5) is 12.1. The Balaban J connectivity index is 0.000000616. The van der Waals surface area contributed by atoms with E-state index in [1.807, 2.05) is 0 Å². The summed E-state index contributed by atoms with van der Waals surface area (Å²) in [5.41, 5.74) is 6.58. The summed E-state index contributed by atoms with van der Waals surface area (Å²) < 4.78 is 20.2. The molecule has 1 heterocycles. The van der Waals surface area contributed by atoms with E-state index < -0.39 is 5.82 Å². The molecule has 1 aromatic heterocycles. The van der Waals surface area contributed by atoms with Crippen molar-refractivity contribution in [2.24, 2.45) is 11.7 Å². The van der Waals surface area contributed by atoms with Crippen LogP contribution in [0.15, 0.2) is 29.1 Å². The topological polar surface area (TPSA) is 90.4 Å². The van der Waals surface area contributed by atoms with Crippen molar-refractivity contribution in [1.29, 1.82) is 0 Å². The van der Waals surface area contributed by atoms with Gasteiger partial charge in [0.25, 0.3) is 5.56 Å². The molecular formula is C18H25ClFN3O3. The molecule has 0 unspecified atom stereocenters. The van der Waals surface area contributed by atoms with Gasteiger partial charge < -0.3 is 15.6 Å². The predicted octanol–water partition coefficient (Wildman–Crippen LogP) is 2.14. The number of methoxy groups -OCH3 is 1. The second-order valence-electron chi connectivity index (χ2n) is 6.00. The predicted molar refractivity (Wildman–Crippen MR) is 101 cm³/mol. The number of hydrogen-bond donors (Lipinski definition) is 2. The molecule has 1 aliphatic carbocycles. The molecule has 8 heteroatoms. The fraction of sp³-hybridized carbons (Fsp3) is 0.444. The molecule has 1 aromatic carbocycles. The van der Waals surface area contributed by atoms with E-state index in [-0.39, 0.29) is 30.3 Å². The molecule has 3 rings (SSSR count). The van der Waals surface area contributed by atoms with Crippen LogP contribution < -0.4 is 16.0 Å².